The topological polar surface area (TPSA) is 32.3 Å². The van der Waals surface area contributed by atoms with Crippen LogP contribution in [0.3, 0.4) is 0 Å². The van der Waals surface area contributed by atoms with Crippen LogP contribution in [0.2, 0.25) is 0 Å². The Hall–Kier alpha value is -1.00. The van der Waals surface area contributed by atoms with Gasteiger partial charge in [0.05, 0.1) is 5.75 Å². The Labute approximate surface area is 125 Å². The fraction of sp³-hybridized carbons (Fsp3) is 0.562. The lowest BCUT2D eigenvalue weighted by Crippen LogP contribution is -2.51. The van der Waals surface area contributed by atoms with Crippen LogP contribution in [0, 0.1) is 0 Å². The van der Waals surface area contributed by atoms with Gasteiger partial charge in [0.2, 0.25) is 5.91 Å². The largest absolute Gasteiger partial charge is 0.322 e. The predicted octanol–water partition coefficient (Wildman–Crippen LogP) is 2.79. The standard InChI is InChI=1S/C16H22N2OS/c1-12(14-9-5-6-10-17-14)18-15(19)11-20-16(18)13-7-3-2-4-8-13/h2-4,7-8,12,14,16-17H,5-6,9-11H2,1H3. The van der Waals surface area contributed by atoms with Crippen LogP contribution < -0.4 is 5.32 Å². The van der Waals surface area contributed by atoms with Crippen LogP contribution in [0.5, 0.6) is 0 Å². The van der Waals surface area contributed by atoms with Crippen molar-refractivity contribution in [1.82, 2.24) is 10.2 Å². The number of rotatable bonds is 3. The number of carbonyl (C=O) groups excluding carboxylic acids is 1. The second-order valence-electron chi connectivity index (χ2n) is 5.67. The molecule has 2 saturated heterocycles. The maximum Gasteiger partial charge on any atom is 0.234 e. The van der Waals surface area contributed by atoms with Gasteiger partial charge < -0.3 is 10.2 Å². The van der Waals surface area contributed by atoms with Crippen LogP contribution in [0.15, 0.2) is 30.3 Å². The number of thioether (sulfide) groups is 1. The van der Waals surface area contributed by atoms with Crippen LogP contribution in [-0.4, -0.2) is 35.2 Å². The molecule has 2 aliphatic rings. The minimum absolute atomic E-state index is 0.183. The van der Waals surface area contributed by atoms with Gasteiger partial charge in [0, 0.05) is 12.1 Å². The quantitative estimate of drug-likeness (QED) is 0.929. The maximum atomic E-state index is 12.3. The normalized spacial score (nSPS) is 28.6. The Bertz CT molecular complexity index is 459. The van der Waals surface area contributed by atoms with E-state index in [1.165, 1.54) is 24.8 Å². The van der Waals surface area contributed by atoms with E-state index in [1.54, 1.807) is 11.8 Å². The van der Waals surface area contributed by atoms with Gasteiger partial charge >= 0.3 is 0 Å². The summed E-state index contributed by atoms with van der Waals surface area (Å²) >= 11 is 1.75. The number of piperidine rings is 1. The highest BCUT2D eigenvalue weighted by Crippen LogP contribution is 2.40. The predicted molar refractivity (Wildman–Crippen MR) is 83.6 cm³/mol. The van der Waals surface area contributed by atoms with Crippen LogP contribution in [0.25, 0.3) is 0 Å². The smallest absolute Gasteiger partial charge is 0.234 e. The zero-order valence-corrected chi connectivity index (χ0v) is 12.7. The molecular formula is C16H22N2OS. The van der Waals surface area contributed by atoms with Crippen molar-refractivity contribution in [3.8, 4) is 0 Å². The van der Waals surface area contributed by atoms with Crippen molar-refractivity contribution in [1.29, 1.82) is 0 Å². The van der Waals surface area contributed by atoms with Gasteiger partial charge in [0.1, 0.15) is 5.37 Å². The van der Waals surface area contributed by atoms with E-state index < -0.39 is 0 Å². The van der Waals surface area contributed by atoms with Crippen molar-refractivity contribution in [3.05, 3.63) is 35.9 Å². The number of benzene rings is 1. The number of hydrogen-bond acceptors (Lipinski definition) is 3. The molecule has 0 spiro atoms. The summed E-state index contributed by atoms with van der Waals surface area (Å²) in [6, 6.07) is 11.1. The zero-order valence-electron chi connectivity index (χ0n) is 11.9. The average molecular weight is 290 g/mol. The molecule has 3 unspecified atom stereocenters. The molecule has 0 aromatic heterocycles. The van der Waals surface area contributed by atoms with Crippen LogP contribution in [0.4, 0.5) is 0 Å². The molecule has 0 aliphatic carbocycles. The molecular weight excluding hydrogens is 268 g/mol. The highest BCUT2D eigenvalue weighted by Gasteiger charge is 2.38. The summed E-state index contributed by atoms with van der Waals surface area (Å²) < 4.78 is 0. The number of nitrogens with zero attached hydrogens (tertiary/aromatic N) is 1. The third-order valence-electron chi connectivity index (χ3n) is 4.36. The summed E-state index contributed by atoms with van der Waals surface area (Å²) in [5.74, 6) is 0.889. The molecule has 2 heterocycles. The first-order valence-electron chi connectivity index (χ1n) is 7.48. The molecule has 4 heteroatoms. The number of hydrogen-bond donors (Lipinski definition) is 1. The Morgan fingerprint density at radius 2 is 2.10 bits per heavy atom. The molecule has 3 atom stereocenters. The second kappa shape index (κ2) is 6.19. The Morgan fingerprint density at radius 1 is 1.30 bits per heavy atom. The van der Waals surface area contributed by atoms with Gasteiger partial charge in [-0.05, 0) is 31.9 Å². The van der Waals surface area contributed by atoms with E-state index >= 15 is 0 Å². The van der Waals surface area contributed by atoms with Crippen LogP contribution in [-0.2, 0) is 4.79 Å². The first kappa shape index (κ1) is 14.0. The zero-order chi connectivity index (χ0) is 13.9. The first-order valence-corrected chi connectivity index (χ1v) is 8.53. The highest BCUT2D eigenvalue weighted by molar-refractivity contribution is 8.00. The molecule has 1 N–H and O–H groups in total. The van der Waals surface area contributed by atoms with E-state index in [0.717, 1.165) is 6.54 Å². The molecule has 3 nitrogen and oxygen atoms in total. The lowest BCUT2D eigenvalue weighted by molar-refractivity contribution is -0.130. The molecule has 1 aromatic carbocycles. The minimum Gasteiger partial charge on any atom is -0.322 e. The van der Waals surface area contributed by atoms with Gasteiger partial charge in [0.15, 0.2) is 0 Å². The van der Waals surface area contributed by atoms with E-state index in [1.807, 2.05) is 6.07 Å². The molecule has 1 amide bonds. The van der Waals surface area contributed by atoms with Gasteiger partial charge in [-0.2, -0.15) is 0 Å². The van der Waals surface area contributed by atoms with Crippen molar-refractivity contribution in [3.63, 3.8) is 0 Å². The van der Waals surface area contributed by atoms with Crippen molar-refractivity contribution >= 4 is 17.7 Å². The van der Waals surface area contributed by atoms with E-state index in [2.05, 4.69) is 41.4 Å². The molecule has 2 fully saturated rings. The summed E-state index contributed by atoms with van der Waals surface area (Å²) in [6.07, 6.45) is 3.71. The summed E-state index contributed by atoms with van der Waals surface area (Å²) in [6.45, 7) is 3.28. The Morgan fingerprint density at radius 3 is 2.80 bits per heavy atom. The van der Waals surface area contributed by atoms with Crippen molar-refractivity contribution in [2.45, 2.75) is 43.6 Å². The maximum absolute atomic E-state index is 12.3. The molecule has 20 heavy (non-hydrogen) atoms. The van der Waals surface area contributed by atoms with Crippen molar-refractivity contribution < 1.29 is 4.79 Å². The number of amides is 1. The van der Waals surface area contributed by atoms with Gasteiger partial charge in [-0.15, -0.1) is 11.8 Å². The lowest BCUT2D eigenvalue weighted by atomic mass is 9.97. The molecule has 108 valence electrons. The van der Waals surface area contributed by atoms with Gasteiger partial charge in [0.25, 0.3) is 0 Å². The summed E-state index contributed by atoms with van der Waals surface area (Å²) in [5, 5.41) is 3.77. The number of carbonyl (C=O) groups is 1. The van der Waals surface area contributed by atoms with Gasteiger partial charge in [-0.25, -0.2) is 0 Å². The van der Waals surface area contributed by atoms with E-state index in [0.29, 0.717) is 11.8 Å². The third kappa shape index (κ3) is 2.72. The lowest BCUT2D eigenvalue weighted by Gasteiger charge is -2.38. The fourth-order valence-corrected chi connectivity index (χ4v) is 4.50. The SMILES string of the molecule is CC(C1CCCCN1)N1C(=O)CSC1c1ccccc1. The monoisotopic (exact) mass is 290 g/mol. The average Bonchev–Trinajstić information content (AvgIpc) is 2.90. The van der Waals surface area contributed by atoms with Crippen molar-refractivity contribution in [2.24, 2.45) is 0 Å². The molecule has 0 radical (unpaired) electrons. The van der Waals surface area contributed by atoms with Gasteiger partial charge in [-0.1, -0.05) is 36.8 Å². The highest BCUT2D eigenvalue weighted by atomic mass is 32.2. The fourth-order valence-electron chi connectivity index (χ4n) is 3.24. The second-order valence-corrected chi connectivity index (χ2v) is 6.74. The molecule has 3 rings (SSSR count). The molecule has 0 bridgehead atoms. The molecule has 1 aromatic rings. The molecule has 0 saturated carbocycles. The van der Waals surface area contributed by atoms with Crippen LogP contribution in [0.1, 0.15) is 37.1 Å². The van der Waals surface area contributed by atoms with E-state index in [-0.39, 0.29) is 17.3 Å². The molecule has 2 aliphatic heterocycles. The Kier molecular flexibility index (Phi) is 4.32. The summed E-state index contributed by atoms with van der Waals surface area (Å²) in [5.41, 5.74) is 1.24. The third-order valence-corrected chi connectivity index (χ3v) is 5.59. The first-order chi connectivity index (χ1) is 9.77. The van der Waals surface area contributed by atoms with E-state index in [9.17, 15) is 4.79 Å². The van der Waals surface area contributed by atoms with E-state index in [4.69, 9.17) is 0 Å². The van der Waals surface area contributed by atoms with Gasteiger partial charge in [-0.3, -0.25) is 4.79 Å². The minimum atomic E-state index is 0.183. The summed E-state index contributed by atoms with van der Waals surface area (Å²) in [4.78, 5) is 14.4. The van der Waals surface area contributed by atoms with Crippen molar-refractivity contribution in [2.75, 3.05) is 12.3 Å². The van der Waals surface area contributed by atoms with Crippen LogP contribution >= 0.6 is 11.8 Å². The summed E-state index contributed by atoms with van der Waals surface area (Å²) in [7, 11) is 0. The Balaban J connectivity index is 1.79. The number of nitrogens with one attached hydrogen (secondary N) is 1.